The summed E-state index contributed by atoms with van der Waals surface area (Å²) in [4.78, 5) is 28.6. The molecule has 1 heterocycles. The topological polar surface area (TPSA) is 92.1 Å². The Morgan fingerprint density at radius 2 is 2.15 bits per heavy atom. The minimum absolute atomic E-state index is 0.125. The fraction of sp³-hybridized carbons (Fsp3) is 0.368. The van der Waals surface area contributed by atoms with Crippen LogP contribution in [0.5, 0.6) is 0 Å². The zero-order valence-corrected chi connectivity index (χ0v) is 18.2. The summed E-state index contributed by atoms with van der Waals surface area (Å²) in [5, 5.41) is 12.4. The molecule has 0 spiro atoms. The maximum atomic E-state index is 12.3. The molecule has 0 fully saturated rings. The molecular weight excluding hydrogens is 429 g/mol. The van der Waals surface area contributed by atoms with Gasteiger partial charge in [0.2, 0.25) is 0 Å². The molecule has 0 atom stereocenters. The number of carbonyl (C=O) groups excluding carboxylic acids is 2. The Morgan fingerprint density at radius 1 is 1.41 bits per heavy atom. The van der Waals surface area contributed by atoms with Crippen molar-refractivity contribution < 1.29 is 14.3 Å². The van der Waals surface area contributed by atoms with Crippen molar-refractivity contribution >= 4 is 38.1 Å². The van der Waals surface area contributed by atoms with Crippen LogP contribution in [0.1, 0.15) is 41.3 Å². The number of nitrogens with one attached hydrogen (secondary N) is 1. The summed E-state index contributed by atoms with van der Waals surface area (Å²) < 4.78 is 6.59. The maximum absolute atomic E-state index is 12.3. The first kappa shape index (κ1) is 21.2. The van der Waals surface area contributed by atoms with Crippen molar-refractivity contribution in [3.05, 3.63) is 33.9 Å². The van der Waals surface area contributed by atoms with Gasteiger partial charge in [-0.1, -0.05) is 0 Å². The Labute approximate surface area is 169 Å². The number of amides is 1. The van der Waals surface area contributed by atoms with Crippen LogP contribution in [0.2, 0.25) is 0 Å². The van der Waals surface area contributed by atoms with Crippen molar-refractivity contribution in [2.24, 2.45) is 0 Å². The zero-order chi connectivity index (χ0) is 20.0. The number of hydrogen-bond acceptors (Lipinski definition) is 6. The number of nitrogens with zero attached hydrogens (tertiary/aromatic N) is 2. The van der Waals surface area contributed by atoms with Crippen molar-refractivity contribution in [3.63, 3.8) is 0 Å². The molecule has 2 rings (SSSR count). The van der Waals surface area contributed by atoms with Gasteiger partial charge in [0.25, 0.3) is 0 Å². The second kappa shape index (κ2) is 9.75. The molecule has 8 heteroatoms. The molecule has 142 valence electrons. The van der Waals surface area contributed by atoms with Gasteiger partial charge in [0.05, 0.1) is 0 Å². The van der Waals surface area contributed by atoms with Gasteiger partial charge >= 0.3 is 169 Å². The van der Waals surface area contributed by atoms with E-state index in [-0.39, 0.29) is 33.6 Å². The molecule has 2 aromatic rings. The first-order valence-corrected chi connectivity index (χ1v) is 11.0. The standard InChI is InChI=1S/C19H21N3O3SSe/c1-11(2)26-16-6-5-14(9-15(16)10-20)18-22-12(3)17(27-18)19(24)25-8-7-21-13(4)23/h5-6,9,11H,7-8H2,1-4H3,(H,21,23). The molecule has 0 aliphatic carbocycles. The van der Waals surface area contributed by atoms with E-state index in [0.717, 1.165) is 15.0 Å². The molecule has 0 saturated carbocycles. The zero-order valence-electron chi connectivity index (χ0n) is 15.7. The first-order chi connectivity index (χ1) is 12.8. The van der Waals surface area contributed by atoms with E-state index in [0.29, 0.717) is 20.9 Å². The molecule has 0 unspecified atom stereocenters. The van der Waals surface area contributed by atoms with Gasteiger partial charge in [-0.15, -0.1) is 0 Å². The van der Waals surface area contributed by atoms with Gasteiger partial charge in [-0.2, -0.15) is 0 Å². The van der Waals surface area contributed by atoms with E-state index in [2.05, 4.69) is 30.2 Å². The molecule has 0 radical (unpaired) electrons. The first-order valence-electron chi connectivity index (χ1n) is 8.42. The summed E-state index contributed by atoms with van der Waals surface area (Å²) in [6.45, 7) is 7.78. The van der Waals surface area contributed by atoms with E-state index >= 15 is 0 Å². The van der Waals surface area contributed by atoms with Crippen LogP contribution in [0.15, 0.2) is 23.1 Å². The van der Waals surface area contributed by atoms with E-state index in [1.165, 1.54) is 6.92 Å². The number of aryl methyl sites for hydroxylation is 1. The molecule has 1 amide bonds. The fourth-order valence-corrected chi connectivity index (χ4v) is 5.15. The number of hydrogen-bond donors (Lipinski definition) is 1. The predicted octanol–water partition coefficient (Wildman–Crippen LogP) is 2.78. The Hall–Kier alpha value is -2.07. The molecule has 0 bridgehead atoms. The summed E-state index contributed by atoms with van der Waals surface area (Å²) in [7, 11) is 0. The molecule has 0 aliphatic heterocycles. The molecule has 6 nitrogen and oxygen atoms in total. The number of nitriles is 1. The summed E-state index contributed by atoms with van der Waals surface area (Å²) >= 11 is 1.37. The van der Waals surface area contributed by atoms with Gasteiger partial charge in [-0.05, 0) is 0 Å². The molecule has 1 N–H and O–H groups in total. The number of carbonyl (C=O) groups is 2. The van der Waals surface area contributed by atoms with Crippen molar-refractivity contribution in [1.29, 1.82) is 5.26 Å². The van der Waals surface area contributed by atoms with Crippen LogP contribution in [0.3, 0.4) is 0 Å². The predicted molar refractivity (Wildman–Crippen MR) is 106 cm³/mol. The average Bonchev–Trinajstić information content (AvgIpc) is 3.00. The molecule has 1 aromatic carbocycles. The third kappa shape index (κ3) is 5.96. The number of ether oxygens (including phenoxy) is 1. The second-order valence-electron chi connectivity index (χ2n) is 6.04. The van der Waals surface area contributed by atoms with Gasteiger partial charge in [0, 0.05) is 0 Å². The van der Waals surface area contributed by atoms with Crippen LogP contribution in [0.25, 0.3) is 10.1 Å². The van der Waals surface area contributed by atoms with Gasteiger partial charge in [0.1, 0.15) is 0 Å². The summed E-state index contributed by atoms with van der Waals surface area (Å²) in [6.07, 6.45) is 0. The van der Waals surface area contributed by atoms with Crippen molar-refractivity contribution in [2.75, 3.05) is 13.2 Å². The van der Waals surface area contributed by atoms with E-state index < -0.39 is 5.97 Å². The molecular formula is C19H21N3O3SSe. The van der Waals surface area contributed by atoms with Crippen LogP contribution in [0, 0.1) is 18.3 Å². The number of rotatable bonds is 7. The molecule has 1 aromatic heterocycles. The molecule has 0 saturated heterocycles. The second-order valence-corrected chi connectivity index (χ2v) is 9.76. The van der Waals surface area contributed by atoms with Crippen LogP contribution in [-0.2, 0) is 9.53 Å². The minimum atomic E-state index is -0.399. The van der Waals surface area contributed by atoms with Gasteiger partial charge in [-0.3, -0.25) is 0 Å². The summed E-state index contributed by atoms with van der Waals surface area (Å²) in [5.41, 5.74) is 2.13. The summed E-state index contributed by atoms with van der Waals surface area (Å²) in [6, 6.07) is 7.97. The molecule has 0 aliphatic rings. The van der Waals surface area contributed by atoms with E-state index in [4.69, 9.17) is 4.74 Å². The Morgan fingerprint density at radius 3 is 2.78 bits per heavy atom. The van der Waals surface area contributed by atoms with Crippen molar-refractivity contribution in [2.45, 2.75) is 37.8 Å². The van der Waals surface area contributed by atoms with Crippen molar-refractivity contribution in [1.82, 2.24) is 10.3 Å². The van der Waals surface area contributed by atoms with Crippen LogP contribution < -0.4 is 5.32 Å². The van der Waals surface area contributed by atoms with Crippen LogP contribution >= 0.6 is 11.8 Å². The SMILES string of the molecule is CC(=O)NCCOC(=O)c1[se]c(-c2ccc(SC(C)C)c(C#N)c2)nc1C. The third-order valence-electron chi connectivity index (χ3n) is 3.40. The summed E-state index contributed by atoms with van der Waals surface area (Å²) in [5.74, 6) is -0.561. The average molecular weight is 450 g/mol. The Kier molecular flexibility index (Phi) is 7.66. The monoisotopic (exact) mass is 451 g/mol. The Bertz CT molecular complexity index is 887. The Balaban J connectivity index is 2.17. The quantitative estimate of drug-likeness (QED) is 0.302. The van der Waals surface area contributed by atoms with E-state index in [1.807, 2.05) is 18.2 Å². The fourth-order valence-electron chi connectivity index (χ4n) is 2.25. The van der Waals surface area contributed by atoms with E-state index in [1.54, 1.807) is 18.7 Å². The van der Waals surface area contributed by atoms with Gasteiger partial charge in [0.15, 0.2) is 0 Å². The van der Waals surface area contributed by atoms with E-state index in [9.17, 15) is 14.9 Å². The van der Waals surface area contributed by atoms with Gasteiger partial charge < -0.3 is 0 Å². The number of thioether (sulfide) groups is 1. The van der Waals surface area contributed by atoms with Crippen LogP contribution in [-0.4, -0.2) is 49.8 Å². The third-order valence-corrected chi connectivity index (χ3v) is 6.97. The van der Waals surface area contributed by atoms with Crippen LogP contribution in [0.4, 0.5) is 0 Å². The normalized spacial score (nSPS) is 10.5. The number of esters is 1. The van der Waals surface area contributed by atoms with Gasteiger partial charge in [-0.25, -0.2) is 0 Å². The number of aromatic nitrogens is 1. The number of benzene rings is 1. The molecule has 27 heavy (non-hydrogen) atoms. The van der Waals surface area contributed by atoms with Crippen molar-refractivity contribution in [3.8, 4) is 16.2 Å².